The van der Waals surface area contributed by atoms with Gasteiger partial charge in [-0.1, -0.05) is 24.3 Å². The SMILES string of the molecule is O=C(c1ccc(-n2cccn2)cc1)N(Cc1ccc(OCc2cccc(F)c2)cc1)C[C@H]1CCCO1. The zero-order chi connectivity index (χ0) is 24.7. The van der Waals surface area contributed by atoms with Crippen molar-refractivity contribution in [3.05, 3.63) is 114 Å². The number of carbonyl (C=O) groups excluding carboxylic acids is 1. The van der Waals surface area contributed by atoms with Crippen molar-refractivity contribution >= 4 is 5.91 Å². The minimum Gasteiger partial charge on any atom is -0.489 e. The molecule has 1 fully saturated rings. The smallest absolute Gasteiger partial charge is 0.254 e. The molecule has 1 saturated heterocycles. The van der Waals surface area contributed by atoms with Gasteiger partial charge in [-0.15, -0.1) is 0 Å². The third-order valence-electron chi connectivity index (χ3n) is 6.21. The standard InChI is InChI=1S/C29H28FN3O3/c30-25-5-1-4-23(18-25)21-36-27-13-7-22(8-14-27)19-32(20-28-6-2-17-35-28)29(34)24-9-11-26(12-10-24)33-16-3-15-31-33/h1,3-5,7-16,18,28H,2,6,17,19-21H2/t28-/m1/s1. The fourth-order valence-electron chi connectivity index (χ4n) is 4.32. The molecule has 1 aliphatic rings. The van der Waals surface area contributed by atoms with Crippen molar-refractivity contribution in [3.63, 3.8) is 0 Å². The molecule has 4 aromatic rings. The van der Waals surface area contributed by atoms with Gasteiger partial charge in [-0.25, -0.2) is 9.07 Å². The lowest BCUT2D eigenvalue weighted by molar-refractivity contribution is 0.0507. The predicted molar refractivity (Wildman–Crippen MR) is 134 cm³/mol. The van der Waals surface area contributed by atoms with Crippen LogP contribution in [0.4, 0.5) is 4.39 Å². The molecule has 6 nitrogen and oxygen atoms in total. The van der Waals surface area contributed by atoms with E-state index in [2.05, 4.69) is 5.10 Å². The lowest BCUT2D eigenvalue weighted by Crippen LogP contribution is -2.37. The monoisotopic (exact) mass is 485 g/mol. The average molecular weight is 486 g/mol. The van der Waals surface area contributed by atoms with Crippen LogP contribution in [0, 0.1) is 5.82 Å². The van der Waals surface area contributed by atoms with Gasteiger partial charge in [-0.2, -0.15) is 5.10 Å². The van der Waals surface area contributed by atoms with E-state index < -0.39 is 0 Å². The van der Waals surface area contributed by atoms with Gasteiger partial charge in [0, 0.05) is 37.7 Å². The first kappa shape index (κ1) is 23.8. The number of rotatable bonds is 9. The number of ether oxygens (including phenoxy) is 2. The maximum atomic E-state index is 13.5. The molecule has 0 radical (unpaired) electrons. The summed E-state index contributed by atoms with van der Waals surface area (Å²) in [7, 11) is 0. The Morgan fingerprint density at radius 3 is 2.58 bits per heavy atom. The van der Waals surface area contributed by atoms with Crippen LogP contribution in [-0.4, -0.2) is 39.8 Å². The van der Waals surface area contributed by atoms with Crippen molar-refractivity contribution in [2.75, 3.05) is 13.2 Å². The van der Waals surface area contributed by atoms with Crippen LogP contribution >= 0.6 is 0 Å². The van der Waals surface area contributed by atoms with Crippen LogP contribution in [0.15, 0.2) is 91.3 Å². The van der Waals surface area contributed by atoms with Crippen molar-refractivity contribution in [1.82, 2.24) is 14.7 Å². The first-order valence-electron chi connectivity index (χ1n) is 12.1. The Hall–Kier alpha value is -3.97. The number of halogens is 1. The van der Waals surface area contributed by atoms with Crippen LogP contribution in [-0.2, 0) is 17.9 Å². The Labute approximate surface area is 209 Å². The van der Waals surface area contributed by atoms with Crippen LogP contribution in [0.3, 0.4) is 0 Å². The summed E-state index contributed by atoms with van der Waals surface area (Å²) in [5.41, 5.74) is 3.29. The quantitative estimate of drug-likeness (QED) is 0.318. The van der Waals surface area contributed by atoms with E-state index in [0.29, 0.717) is 24.4 Å². The zero-order valence-corrected chi connectivity index (χ0v) is 19.9. The Kier molecular flexibility index (Phi) is 7.38. The summed E-state index contributed by atoms with van der Waals surface area (Å²) >= 11 is 0. The van der Waals surface area contributed by atoms with Crippen LogP contribution in [0.1, 0.15) is 34.3 Å². The maximum Gasteiger partial charge on any atom is 0.254 e. The fourth-order valence-corrected chi connectivity index (χ4v) is 4.32. The number of carbonyl (C=O) groups is 1. The summed E-state index contributed by atoms with van der Waals surface area (Å²) in [5, 5.41) is 4.24. The summed E-state index contributed by atoms with van der Waals surface area (Å²) in [5.74, 6) is 0.372. The molecule has 1 amide bonds. The Morgan fingerprint density at radius 1 is 1.06 bits per heavy atom. The van der Waals surface area contributed by atoms with Gasteiger partial charge in [-0.3, -0.25) is 4.79 Å². The van der Waals surface area contributed by atoms with E-state index in [-0.39, 0.29) is 24.4 Å². The minimum absolute atomic E-state index is 0.0380. The highest BCUT2D eigenvalue weighted by molar-refractivity contribution is 5.94. The third kappa shape index (κ3) is 5.98. The van der Waals surface area contributed by atoms with E-state index in [9.17, 15) is 9.18 Å². The van der Waals surface area contributed by atoms with Crippen molar-refractivity contribution in [3.8, 4) is 11.4 Å². The van der Waals surface area contributed by atoms with Gasteiger partial charge in [0.1, 0.15) is 18.2 Å². The van der Waals surface area contributed by atoms with E-state index >= 15 is 0 Å². The molecule has 2 heterocycles. The summed E-state index contributed by atoms with van der Waals surface area (Å²) in [6.45, 7) is 2.03. The molecular formula is C29H28FN3O3. The van der Waals surface area contributed by atoms with Gasteiger partial charge in [-0.05, 0) is 78.6 Å². The van der Waals surface area contributed by atoms with Gasteiger partial charge < -0.3 is 14.4 Å². The molecule has 0 spiro atoms. The van der Waals surface area contributed by atoms with E-state index in [4.69, 9.17) is 9.47 Å². The molecule has 1 atom stereocenters. The highest BCUT2D eigenvalue weighted by atomic mass is 19.1. The van der Waals surface area contributed by atoms with Crippen molar-refractivity contribution < 1.29 is 18.7 Å². The second-order valence-corrected chi connectivity index (χ2v) is 8.88. The fraction of sp³-hybridized carbons (Fsp3) is 0.241. The highest BCUT2D eigenvalue weighted by Crippen LogP contribution is 2.20. The second-order valence-electron chi connectivity index (χ2n) is 8.88. The molecule has 0 saturated carbocycles. The molecule has 3 aromatic carbocycles. The van der Waals surface area contributed by atoms with Crippen molar-refractivity contribution in [1.29, 1.82) is 0 Å². The number of nitrogens with zero attached hydrogens (tertiary/aromatic N) is 3. The molecular weight excluding hydrogens is 457 g/mol. The van der Waals surface area contributed by atoms with Crippen LogP contribution in [0.25, 0.3) is 5.69 Å². The molecule has 7 heteroatoms. The van der Waals surface area contributed by atoms with Crippen LogP contribution in [0.5, 0.6) is 5.75 Å². The summed E-state index contributed by atoms with van der Waals surface area (Å²) in [4.78, 5) is 15.3. The van der Waals surface area contributed by atoms with E-state index in [1.54, 1.807) is 16.9 Å². The number of aromatic nitrogens is 2. The van der Waals surface area contributed by atoms with Gasteiger partial charge in [0.2, 0.25) is 0 Å². The molecule has 0 bridgehead atoms. The molecule has 5 rings (SSSR count). The highest BCUT2D eigenvalue weighted by Gasteiger charge is 2.24. The second kappa shape index (κ2) is 11.2. The summed E-state index contributed by atoms with van der Waals surface area (Å²) in [6, 6.07) is 23.4. The Morgan fingerprint density at radius 2 is 1.89 bits per heavy atom. The molecule has 1 aromatic heterocycles. The van der Waals surface area contributed by atoms with Crippen LogP contribution < -0.4 is 4.74 Å². The first-order valence-corrected chi connectivity index (χ1v) is 12.1. The van der Waals surface area contributed by atoms with E-state index in [0.717, 1.165) is 36.3 Å². The topological polar surface area (TPSA) is 56.6 Å². The third-order valence-corrected chi connectivity index (χ3v) is 6.21. The largest absolute Gasteiger partial charge is 0.489 e. The average Bonchev–Trinajstić information content (AvgIpc) is 3.63. The number of hydrogen-bond acceptors (Lipinski definition) is 4. The Bertz CT molecular complexity index is 1270. The number of amides is 1. The summed E-state index contributed by atoms with van der Waals surface area (Å²) in [6.07, 6.45) is 5.61. The van der Waals surface area contributed by atoms with Gasteiger partial charge >= 0.3 is 0 Å². The first-order chi connectivity index (χ1) is 17.6. The lowest BCUT2D eigenvalue weighted by Gasteiger charge is -2.26. The van der Waals surface area contributed by atoms with Gasteiger partial charge in [0.15, 0.2) is 0 Å². The summed E-state index contributed by atoms with van der Waals surface area (Å²) < 4.78 is 26.8. The number of benzene rings is 3. The molecule has 36 heavy (non-hydrogen) atoms. The van der Waals surface area contributed by atoms with Crippen molar-refractivity contribution in [2.24, 2.45) is 0 Å². The lowest BCUT2D eigenvalue weighted by atomic mass is 10.1. The molecule has 0 unspecified atom stereocenters. The van der Waals surface area contributed by atoms with E-state index in [1.165, 1.54) is 12.1 Å². The predicted octanol–water partition coefficient (Wildman–Crippen LogP) is 5.41. The van der Waals surface area contributed by atoms with E-state index in [1.807, 2.05) is 71.8 Å². The molecule has 0 N–H and O–H groups in total. The minimum atomic E-state index is -0.279. The normalized spacial score (nSPS) is 15.1. The molecule has 0 aliphatic carbocycles. The Balaban J connectivity index is 1.26. The van der Waals surface area contributed by atoms with Gasteiger partial charge in [0.05, 0.1) is 11.8 Å². The van der Waals surface area contributed by atoms with Crippen molar-refractivity contribution in [2.45, 2.75) is 32.1 Å². The molecule has 184 valence electrons. The molecule has 1 aliphatic heterocycles. The maximum absolute atomic E-state index is 13.5. The zero-order valence-electron chi connectivity index (χ0n) is 19.9. The number of hydrogen-bond donors (Lipinski definition) is 0. The van der Waals surface area contributed by atoms with Gasteiger partial charge in [0.25, 0.3) is 5.91 Å². The van der Waals surface area contributed by atoms with Crippen LogP contribution in [0.2, 0.25) is 0 Å².